The molecule has 0 aromatic heterocycles. The van der Waals surface area contributed by atoms with Crippen molar-refractivity contribution in [3.8, 4) is 5.75 Å². The molecule has 260 valence electrons. The van der Waals surface area contributed by atoms with E-state index in [1.54, 1.807) is 29.2 Å². The highest BCUT2D eigenvalue weighted by molar-refractivity contribution is 7.46. The van der Waals surface area contributed by atoms with E-state index >= 15 is 0 Å². The Morgan fingerprint density at radius 1 is 0.958 bits per heavy atom. The molecule has 2 aliphatic heterocycles. The van der Waals surface area contributed by atoms with Gasteiger partial charge in [-0.1, -0.05) is 55.3 Å². The van der Waals surface area contributed by atoms with Crippen LogP contribution in [0.25, 0.3) is 0 Å². The smallest absolute Gasteiger partial charge is 0.445 e. The van der Waals surface area contributed by atoms with Crippen molar-refractivity contribution in [2.24, 2.45) is 5.73 Å². The molecule has 3 unspecified atom stereocenters. The minimum absolute atomic E-state index is 0.0428. The zero-order chi connectivity index (χ0) is 34.7. The Morgan fingerprint density at radius 2 is 1.67 bits per heavy atom. The molecular formula is C32H42N5O10P. The number of hydrogen-bond donors (Lipinski definition) is 6. The second-order valence-electron chi connectivity index (χ2n) is 11.9. The van der Waals surface area contributed by atoms with E-state index in [1.165, 1.54) is 24.3 Å². The predicted molar refractivity (Wildman–Crippen MR) is 172 cm³/mol. The number of carbonyl (C=O) groups is 5. The number of rotatable bonds is 14. The average Bonchev–Trinajstić information content (AvgIpc) is 3.46. The van der Waals surface area contributed by atoms with E-state index in [9.17, 15) is 28.5 Å². The number of phosphoric ester groups is 1. The number of fused-ring (bicyclic) bond motifs is 1. The van der Waals surface area contributed by atoms with Crippen LogP contribution in [0.1, 0.15) is 62.5 Å². The molecule has 0 saturated carbocycles. The summed E-state index contributed by atoms with van der Waals surface area (Å²) in [5.41, 5.74) is 6.44. The van der Waals surface area contributed by atoms with Crippen molar-refractivity contribution in [2.45, 2.75) is 88.6 Å². The summed E-state index contributed by atoms with van der Waals surface area (Å²) in [5, 5.41) is 8.17. The van der Waals surface area contributed by atoms with Crippen molar-refractivity contribution in [1.29, 1.82) is 0 Å². The highest BCUT2D eigenvalue weighted by Gasteiger charge is 2.44. The lowest BCUT2D eigenvalue weighted by Crippen LogP contribution is -2.59. The normalized spacial score (nSPS) is 20.0. The van der Waals surface area contributed by atoms with Gasteiger partial charge in [-0.25, -0.2) is 9.36 Å². The zero-order valence-electron chi connectivity index (χ0n) is 26.4. The highest BCUT2D eigenvalue weighted by atomic mass is 31.2. The third-order valence-electron chi connectivity index (χ3n) is 8.26. The van der Waals surface area contributed by atoms with Gasteiger partial charge in [0.15, 0.2) is 0 Å². The van der Waals surface area contributed by atoms with Gasteiger partial charge in [-0.05, 0) is 55.4 Å². The van der Waals surface area contributed by atoms with Gasteiger partial charge in [-0.2, -0.15) is 0 Å². The highest BCUT2D eigenvalue weighted by Crippen LogP contribution is 2.37. The van der Waals surface area contributed by atoms with Gasteiger partial charge in [-0.15, -0.1) is 0 Å². The second-order valence-corrected chi connectivity index (χ2v) is 13.1. The molecule has 4 rings (SSSR count). The zero-order valence-corrected chi connectivity index (χ0v) is 27.3. The van der Waals surface area contributed by atoms with Crippen LogP contribution in [0.2, 0.25) is 0 Å². The first-order valence-electron chi connectivity index (χ1n) is 15.9. The number of nitrogens with two attached hydrogens (primary N) is 1. The number of nitrogens with zero attached hydrogens (tertiary/aromatic N) is 1. The lowest BCUT2D eigenvalue weighted by atomic mass is 9.98. The molecule has 2 aliphatic rings. The molecule has 5 amide bonds. The first-order chi connectivity index (χ1) is 22.9. The Balaban J connectivity index is 1.47. The van der Waals surface area contributed by atoms with Gasteiger partial charge in [-0.3, -0.25) is 29.0 Å². The number of carbonyl (C=O) groups excluding carboxylic acids is 5. The fraction of sp³-hybridized carbons (Fsp3) is 0.469. The quantitative estimate of drug-likeness (QED) is 0.125. The Morgan fingerprint density at radius 3 is 2.35 bits per heavy atom. The van der Waals surface area contributed by atoms with Crippen LogP contribution in [0, 0.1) is 0 Å². The van der Waals surface area contributed by atoms with Crippen molar-refractivity contribution in [1.82, 2.24) is 20.9 Å². The Labute approximate surface area is 278 Å². The van der Waals surface area contributed by atoms with Gasteiger partial charge in [0.05, 0.1) is 0 Å². The van der Waals surface area contributed by atoms with E-state index in [1.807, 2.05) is 6.07 Å². The first-order valence-corrected chi connectivity index (χ1v) is 17.4. The van der Waals surface area contributed by atoms with E-state index in [0.717, 1.165) is 18.4 Å². The number of nitrogens with one attached hydrogen (secondary N) is 3. The number of amides is 5. The van der Waals surface area contributed by atoms with Crippen molar-refractivity contribution in [3.63, 3.8) is 0 Å². The molecule has 48 heavy (non-hydrogen) atoms. The van der Waals surface area contributed by atoms with E-state index in [-0.39, 0.29) is 49.6 Å². The number of phosphoric acid groups is 1. The van der Waals surface area contributed by atoms with Gasteiger partial charge in [0.2, 0.25) is 23.6 Å². The SMILES string of the molecule is NC(=O)CCCNC(=O)C1CCC2CCCCC(NC(=O)[C@H](Cc3ccc(OP(=O)(O)O)cc3)NC(=O)OCc3ccccc3)C(=O)N21. The topological polar surface area (TPSA) is 227 Å². The summed E-state index contributed by atoms with van der Waals surface area (Å²) in [6.07, 6.45) is 3.24. The molecule has 2 aromatic rings. The van der Waals surface area contributed by atoms with Gasteiger partial charge in [0.25, 0.3) is 0 Å². The maximum Gasteiger partial charge on any atom is 0.524 e. The monoisotopic (exact) mass is 687 g/mol. The molecule has 2 fully saturated rings. The number of primary amides is 1. The van der Waals surface area contributed by atoms with Crippen molar-refractivity contribution >= 4 is 37.5 Å². The number of hydrogen-bond acceptors (Lipinski definition) is 8. The molecular weight excluding hydrogens is 645 g/mol. The van der Waals surface area contributed by atoms with Gasteiger partial charge >= 0.3 is 13.9 Å². The van der Waals surface area contributed by atoms with Crippen molar-refractivity contribution in [2.75, 3.05) is 6.54 Å². The van der Waals surface area contributed by atoms with Crippen LogP contribution in [-0.4, -0.2) is 75.1 Å². The maximum absolute atomic E-state index is 13.9. The maximum atomic E-state index is 13.9. The van der Waals surface area contributed by atoms with E-state index in [4.69, 9.17) is 20.3 Å². The van der Waals surface area contributed by atoms with Crippen LogP contribution in [0.5, 0.6) is 5.75 Å². The first kappa shape index (κ1) is 36.4. The van der Waals surface area contributed by atoms with Crippen LogP contribution < -0.4 is 26.2 Å². The van der Waals surface area contributed by atoms with Crippen LogP contribution in [0.15, 0.2) is 54.6 Å². The minimum Gasteiger partial charge on any atom is -0.445 e. The van der Waals surface area contributed by atoms with E-state index in [0.29, 0.717) is 37.7 Å². The molecule has 0 spiro atoms. The lowest BCUT2D eigenvalue weighted by Gasteiger charge is -2.35. The molecule has 2 aromatic carbocycles. The van der Waals surface area contributed by atoms with Gasteiger partial charge < -0.3 is 35.8 Å². The van der Waals surface area contributed by atoms with Crippen molar-refractivity contribution < 1.29 is 47.6 Å². The molecule has 16 heteroatoms. The van der Waals surface area contributed by atoms with Crippen molar-refractivity contribution in [3.05, 3.63) is 65.7 Å². The summed E-state index contributed by atoms with van der Waals surface area (Å²) in [6.45, 7) is 0.199. The van der Waals surface area contributed by atoms with Gasteiger partial charge in [0.1, 0.15) is 30.5 Å². The second kappa shape index (κ2) is 17.1. The summed E-state index contributed by atoms with van der Waals surface area (Å²) < 4.78 is 21.1. The Hall–Kier alpha value is -4.46. The molecule has 0 aliphatic carbocycles. The molecule has 15 nitrogen and oxygen atoms in total. The number of alkyl carbamates (subject to hydrolysis) is 1. The number of benzene rings is 2. The minimum atomic E-state index is -4.78. The summed E-state index contributed by atoms with van der Waals surface area (Å²) in [5.74, 6) is -1.91. The summed E-state index contributed by atoms with van der Waals surface area (Å²) in [6, 6.07) is 11.6. The Kier molecular flexibility index (Phi) is 13.0. The van der Waals surface area contributed by atoms with Gasteiger partial charge in [0, 0.05) is 25.4 Å². The average molecular weight is 688 g/mol. The fourth-order valence-electron chi connectivity index (χ4n) is 5.96. The molecule has 2 heterocycles. The third kappa shape index (κ3) is 11.1. The van der Waals surface area contributed by atoms with E-state index in [2.05, 4.69) is 20.5 Å². The van der Waals surface area contributed by atoms with Crippen LogP contribution in [-0.2, 0) is 41.5 Å². The van der Waals surface area contributed by atoms with Crippen LogP contribution >= 0.6 is 7.82 Å². The molecule has 4 atom stereocenters. The summed E-state index contributed by atoms with van der Waals surface area (Å²) in [7, 11) is -4.78. The summed E-state index contributed by atoms with van der Waals surface area (Å²) in [4.78, 5) is 84.4. The predicted octanol–water partition coefficient (Wildman–Crippen LogP) is 1.80. The molecule has 2 saturated heterocycles. The van der Waals surface area contributed by atoms with Crippen LogP contribution in [0.4, 0.5) is 4.79 Å². The Bertz CT molecular complexity index is 1490. The van der Waals surface area contributed by atoms with Crippen LogP contribution in [0.3, 0.4) is 0 Å². The lowest BCUT2D eigenvalue weighted by molar-refractivity contribution is -0.144. The van der Waals surface area contributed by atoms with E-state index < -0.39 is 43.9 Å². The molecule has 0 radical (unpaired) electrons. The number of ether oxygens (including phenoxy) is 1. The standard InChI is InChI=1S/C32H42N5O10P/c33-28(38)11-6-18-34-30(40)27-17-14-23-9-4-5-10-25(31(41)37(23)27)35-29(39)26(36-32(42)46-20-22-7-2-1-3-8-22)19-21-12-15-24(16-13-21)47-48(43,44)45/h1-3,7-8,12-13,15-16,23,25-27H,4-6,9-11,14,17-20H2,(H2,33,38)(H,34,40)(H,35,39)(H,36,42)(H2,43,44,45)/t23?,25?,26-,27?/m0/s1. The third-order valence-corrected chi connectivity index (χ3v) is 8.71. The summed E-state index contributed by atoms with van der Waals surface area (Å²) >= 11 is 0. The molecule has 7 N–H and O–H groups in total. The largest absolute Gasteiger partial charge is 0.524 e. The fourth-order valence-corrected chi connectivity index (χ4v) is 6.36. The molecule has 0 bridgehead atoms.